The van der Waals surface area contributed by atoms with Crippen molar-refractivity contribution in [1.29, 1.82) is 0 Å². The molecule has 0 saturated heterocycles. The van der Waals surface area contributed by atoms with Gasteiger partial charge in [0.25, 0.3) is 0 Å². The summed E-state index contributed by atoms with van der Waals surface area (Å²) in [5.41, 5.74) is 1.08. The molecular formula is C12H19ClN4O2S. The predicted octanol–water partition coefficient (Wildman–Crippen LogP) is 0.554. The zero-order valence-corrected chi connectivity index (χ0v) is 13.1. The lowest BCUT2D eigenvalue weighted by Gasteiger charge is -2.12. The molecule has 1 aromatic rings. The standard InChI is InChI=1S/C12H19ClN4O2S/c1-14-12(15-7-8-17-20(2,18)19)16-9-10-3-5-11(13)6-4-10/h3-6,17H,7-9H2,1-2H3,(H2,14,15,16). The van der Waals surface area contributed by atoms with Crippen molar-refractivity contribution in [3.8, 4) is 0 Å². The first-order chi connectivity index (χ1) is 9.40. The molecule has 3 N–H and O–H groups in total. The van der Waals surface area contributed by atoms with Crippen molar-refractivity contribution in [3.63, 3.8) is 0 Å². The molecule has 0 aliphatic carbocycles. The molecule has 0 heterocycles. The van der Waals surface area contributed by atoms with Crippen molar-refractivity contribution in [2.24, 2.45) is 4.99 Å². The van der Waals surface area contributed by atoms with Crippen molar-refractivity contribution < 1.29 is 8.42 Å². The van der Waals surface area contributed by atoms with E-state index in [-0.39, 0.29) is 0 Å². The van der Waals surface area contributed by atoms with Crippen LogP contribution in [0.4, 0.5) is 0 Å². The Bertz CT molecular complexity index is 543. The van der Waals surface area contributed by atoms with E-state index in [0.717, 1.165) is 11.8 Å². The molecule has 0 amide bonds. The fourth-order valence-electron chi connectivity index (χ4n) is 1.43. The van der Waals surface area contributed by atoms with E-state index in [1.54, 1.807) is 7.05 Å². The van der Waals surface area contributed by atoms with Gasteiger partial charge in [-0.15, -0.1) is 0 Å². The highest BCUT2D eigenvalue weighted by atomic mass is 35.5. The zero-order valence-electron chi connectivity index (χ0n) is 11.5. The summed E-state index contributed by atoms with van der Waals surface area (Å²) >= 11 is 5.81. The number of rotatable bonds is 6. The number of hydrogen-bond acceptors (Lipinski definition) is 3. The molecule has 112 valence electrons. The molecule has 20 heavy (non-hydrogen) atoms. The lowest BCUT2D eigenvalue weighted by atomic mass is 10.2. The molecule has 0 aliphatic rings. The summed E-state index contributed by atoms with van der Waals surface area (Å²) in [4.78, 5) is 4.05. The topological polar surface area (TPSA) is 82.6 Å². The van der Waals surface area contributed by atoms with Crippen LogP contribution in [-0.2, 0) is 16.6 Å². The summed E-state index contributed by atoms with van der Waals surface area (Å²) in [7, 11) is -1.50. The van der Waals surface area contributed by atoms with Gasteiger partial charge in [-0.1, -0.05) is 23.7 Å². The third-order valence-corrected chi connectivity index (χ3v) is 3.36. The molecular weight excluding hydrogens is 300 g/mol. The van der Waals surface area contributed by atoms with Gasteiger partial charge in [-0.25, -0.2) is 13.1 Å². The van der Waals surface area contributed by atoms with Crippen LogP contribution in [0.15, 0.2) is 29.3 Å². The second-order valence-electron chi connectivity index (χ2n) is 4.15. The number of aliphatic imine (C=N–C) groups is 1. The fraction of sp³-hybridized carbons (Fsp3) is 0.417. The number of guanidine groups is 1. The molecule has 0 bridgehead atoms. The highest BCUT2D eigenvalue weighted by molar-refractivity contribution is 7.88. The van der Waals surface area contributed by atoms with Crippen LogP contribution in [0.5, 0.6) is 0 Å². The number of nitrogens with one attached hydrogen (secondary N) is 3. The minimum Gasteiger partial charge on any atom is -0.355 e. The average Bonchev–Trinajstić information content (AvgIpc) is 2.39. The third kappa shape index (κ3) is 7.32. The highest BCUT2D eigenvalue weighted by Gasteiger charge is 2.01. The first kappa shape index (κ1) is 16.7. The Morgan fingerprint density at radius 2 is 1.85 bits per heavy atom. The van der Waals surface area contributed by atoms with Gasteiger partial charge in [0, 0.05) is 31.7 Å². The Hall–Kier alpha value is -1.31. The van der Waals surface area contributed by atoms with Crippen LogP contribution in [0.2, 0.25) is 5.02 Å². The molecule has 0 aliphatic heterocycles. The number of benzene rings is 1. The van der Waals surface area contributed by atoms with Crippen LogP contribution < -0.4 is 15.4 Å². The van der Waals surface area contributed by atoms with E-state index in [4.69, 9.17) is 11.6 Å². The van der Waals surface area contributed by atoms with Crippen LogP contribution >= 0.6 is 11.6 Å². The number of hydrogen-bond donors (Lipinski definition) is 3. The van der Waals surface area contributed by atoms with Gasteiger partial charge >= 0.3 is 0 Å². The van der Waals surface area contributed by atoms with Crippen LogP contribution in [0.1, 0.15) is 5.56 Å². The van der Waals surface area contributed by atoms with Gasteiger partial charge in [0.1, 0.15) is 0 Å². The second-order valence-corrected chi connectivity index (χ2v) is 6.41. The molecule has 0 atom stereocenters. The molecule has 0 saturated carbocycles. The minimum absolute atomic E-state index is 0.306. The predicted molar refractivity (Wildman–Crippen MR) is 82.5 cm³/mol. The Balaban J connectivity index is 2.31. The van der Waals surface area contributed by atoms with Gasteiger partial charge in [-0.05, 0) is 17.7 Å². The van der Waals surface area contributed by atoms with E-state index in [1.165, 1.54) is 0 Å². The van der Waals surface area contributed by atoms with Crippen molar-refractivity contribution in [2.45, 2.75) is 6.54 Å². The van der Waals surface area contributed by atoms with Gasteiger partial charge < -0.3 is 10.6 Å². The second kappa shape index (κ2) is 8.08. The third-order valence-electron chi connectivity index (χ3n) is 2.38. The molecule has 0 spiro atoms. The van der Waals surface area contributed by atoms with Crippen molar-refractivity contribution in [3.05, 3.63) is 34.9 Å². The summed E-state index contributed by atoms with van der Waals surface area (Å²) in [6, 6.07) is 7.50. The highest BCUT2D eigenvalue weighted by Crippen LogP contribution is 2.08. The molecule has 6 nitrogen and oxygen atoms in total. The number of nitrogens with zero attached hydrogens (tertiary/aromatic N) is 1. The van der Waals surface area contributed by atoms with E-state index >= 15 is 0 Å². The molecule has 0 unspecified atom stereocenters. The SMILES string of the molecule is CN=C(NCCNS(C)(=O)=O)NCc1ccc(Cl)cc1. The van der Waals surface area contributed by atoms with Crippen LogP contribution in [0.3, 0.4) is 0 Å². The van der Waals surface area contributed by atoms with Gasteiger partial charge in [0.05, 0.1) is 6.26 Å². The maximum absolute atomic E-state index is 10.9. The smallest absolute Gasteiger partial charge is 0.208 e. The van der Waals surface area contributed by atoms with Gasteiger partial charge in [-0.3, -0.25) is 4.99 Å². The van der Waals surface area contributed by atoms with Crippen LogP contribution in [-0.4, -0.2) is 40.8 Å². The van der Waals surface area contributed by atoms with Crippen molar-refractivity contribution >= 4 is 27.6 Å². The van der Waals surface area contributed by atoms with E-state index in [0.29, 0.717) is 30.6 Å². The summed E-state index contributed by atoms with van der Waals surface area (Å²) in [6.45, 7) is 1.37. The lowest BCUT2D eigenvalue weighted by molar-refractivity contribution is 0.586. The van der Waals surface area contributed by atoms with Gasteiger partial charge in [-0.2, -0.15) is 0 Å². The quantitative estimate of drug-likeness (QED) is 0.406. The van der Waals surface area contributed by atoms with Gasteiger partial charge in [0.2, 0.25) is 10.0 Å². The van der Waals surface area contributed by atoms with Crippen LogP contribution in [0, 0.1) is 0 Å². The molecule has 8 heteroatoms. The summed E-state index contributed by atoms with van der Waals surface area (Å²) < 4.78 is 24.2. The first-order valence-electron chi connectivity index (χ1n) is 6.04. The Morgan fingerprint density at radius 1 is 1.20 bits per heavy atom. The monoisotopic (exact) mass is 318 g/mol. The summed E-state index contributed by atoms with van der Waals surface area (Å²) in [5, 5.41) is 6.83. The van der Waals surface area contributed by atoms with E-state index in [2.05, 4.69) is 20.3 Å². The maximum Gasteiger partial charge on any atom is 0.208 e. The first-order valence-corrected chi connectivity index (χ1v) is 8.31. The lowest BCUT2D eigenvalue weighted by Crippen LogP contribution is -2.41. The molecule has 0 aromatic heterocycles. The minimum atomic E-state index is -3.15. The number of halogens is 1. The van der Waals surface area contributed by atoms with Gasteiger partial charge in [0.15, 0.2) is 5.96 Å². The summed E-state index contributed by atoms with van der Waals surface area (Å²) in [6.07, 6.45) is 1.13. The maximum atomic E-state index is 10.9. The van der Waals surface area contributed by atoms with E-state index in [1.807, 2.05) is 24.3 Å². The Morgan fingerprint density at radius 3 is 2.40 bits per heavy atom. The fourth-order valence-corrected chi connectivity index (χ4v) is 2.02. The summed E-state index contributed by atoms with van der Waals surface area (Å²) in [5.74, 6) is 0.607. The average molecular weight is 319 g/mol. The molecule has 0 fully saturated rings. The van der Waals surface area contributed by atoms with Crippen molar-refractivity contribution in [1.82, 2.24) is 15.4 Å². The zero-order chi connectivity index (χ0) is 15.0. The molecule has 0 radical (unpaired) electrons. The Labute approximate surface area is 124 Å². The molecule has 1 aromatic carbocycles. The van der Waals surface area contributed by atoms with E-state index < -0.39 is 10.0 Å². The molecule has 1 rings (SSSR count). The van der Waals surface area contributed by atoms with Crippen LogP contribution in [0.25, 0.3) is 0 Å². The normalized spacial score (nSPS) is 12.2. The Kier molecular flexibility index (Phi) is 6.77. The van der Waals surface area contributed by atoms with E-state index in [9.17, 15) is 8.42 Å². The van der Waals surface area contributed by atoms with Crippen molar-refractivity contribution in [2.75, 3.05) is 26.4 Å². The largest absolute Gasteiger partial charge is 0.355 e. The number of sulfonamides is 1.